The summed E-state index contributed by atoms with van der Waals surface area (Å²) in [5.74, 6) is 0.220. The molecule has 2 aromatic carbocycles. The molecule has 6 N–H and O–H groups in total. The number of nitriles is 2. The molecule has 0 amide bonds. The largest absolute Gasteiger partial charge is 0.490 e. The number of ether oxygens (including phenoxy) is 3. The third-order valence-electron chi connectivity index (χ3n) is 8.53. The van der Waals surface area contributed by atoms with Gasteiger partial charge in [0.05, 0.1) is 23.3 Å². The summed E-state index contributed by atoms with van der Waals surface area (Å²) in [5.41, 5.74) is 10.00. The first kappa shape index (κ1) is 42.5. The van der Waals surface area contributed by atoms with Crippen molar-refractivity contribution in [3.05, 3.63) is 77.2 Å². The van der Waals surface area contributed by atoms with Gasteiger partial charge in [0.1, 0.15) is 53.8 Å². The number of hydrogen-bond acceptors (Lipinski definition) is 16. The summed E-state index contributed by atoms with van der Waals surface area (Å²) >= 11 is 1.26. The molecule has 0 saturated carbocycles. The van der Waals surface area contributed by atoms with Crippen LogP contribution in [0.25, 0.3) is 22.6 Å². The van der Waals surface area contributed by atoms with E-state index in [1.54, 1.807) is 62.5 Å². The molecule has 0 bridgehead atoms. The van der Waals surface area contributed by atoms with Crippen LogP contribution in [0.2, 0.25) is 0 Å². The van der Waals surface area contributed by atoms with Crippen LogP contribution in [0.4, 0.5) is 5.82 Å². The minimum absolute atomic E-state index is 0.0138. The summed E-state index contributed by atoms with van der Waals surface area (Å²) in [6, 6.07) is 17.7. The van der Waals surface area contributed by atoms with E-state index >= 15 is 0 Å². The molecule has 2 heterocycles. The van der Waals surface area contributed by atoms with E-state index in [9.17, 15) is 20.1 Å². The van der Waals surface area contributed by atoms with E-state index in [0.717, 1.165) is 11.1 Å². The number of oxazole rings is 1. The van der Waals surface area contributed by atoms with Crippen LogP contribution in [-0.2, 0) is 24.8 Å². The highest BCUT2D eigenvalue weighted by Crippen LogP contribution is 2.37. The first-order chi connectivity index (χ1) is 26.6. The number of nitrogens with zero attached hydrogens (tertiary/aromatic N) is 4. The lowest BCUT2D eigenvalue weighted by Crippen LogP contribution is -2.43. The highest BCUT2D eigenvalue weighted by Gasteiger charge is 2.26. The number of hydrogen-bond donors (Lipinski definition) is 5. The molecule has 0 aliphatic rings. The van der Waals surface area contributed by atoms with E-state index < -0.39 is 30.1 Å². The summed E-state index contributed by atoms with van der Waals surface area (Å²) < 4.78 is 23.0. The molecule has 0 spiro atoms. The zero-order chi connectivity index (χ0) is 39.7. The second-order valence-corrected chi connectivity index (χ2v) is 13.4. The van der Waals surface area contributed by atoms with Gasteiger partial charge in [0.25, 0.3) is 0 Å². The average Bonchev–Trinajstić information content (AvgIpc) is 3.68. The zero-order valence-electron chi connectivity index (χ0n) is 31.6. The van der Waals surface area contributed by atoms with Crippen LogP contribution in [-0.4, -0.2) is 98.3 Å². The average molecular weight is 761 g/mol. The number of carbonyl (C=O) groups excluding carboxylic acids is 2. The quantitative estimate of drug-likeness (QED) is 0.0400. The molecule has 20 heteroatoms. The van der Waals surface area contributed by atoms with Gasteiger partial charge in [-0.05, 0) is 62.7 Å². The van der Waals surface area contributed by atoms with Gasteiger partial charge in [-0.2, -0.15) is 10.5 Å². The van der Waals surface area contributed by atoms with Crippen molar-refractivity contribution in [2.45, 2.75) is 48.7 Å². The number of nitrogens with one attached hydrogen (secondary N) is 4. The number of carbonyl (C=O) groups is 2. The molecular formula is C35H43B4N9O6S. The minimum atomic E-state index is -0.920. The van der Waals surface area contributed by atoms with Crippen molar-refractivity contribution in [2.75, 3.05) is 32.0 Å². The van der Waals surface area contributed by atoms with Crippen molar-refractivity contribution in [1.82, 2.24) is 30.9 Å². The van der Waals surface area contributed by atoms with Gasteiger partial charge in [-0.3, -0.25) is 9.59 Å². The lowest BCUT2D eigenvalue weighted by molar-refractivity contribution is -0.163. The zero-order valence-corrected chi connectivity index (χ0v) is 32.4. The highest BCUT2D eigenvalue weighted by atomic mass is 32.2. The van der Waals surface area contributed by atoms with Crippen molar-refractivity contribution in [3.8, 4) is 40.5 Å². The number of aryl methyl sites for hydroxylation is 1. The van der Waals surface area contributed by atoms with Crippen LogP contribution in [0, 0.1) is 29.6 Å². The van der Waals surface area contributed by atoms with Crippen LogP contribution in [0.5, 0.6) is 5.75 Å². The summed E-state index contributed by atoms with van der Waals surface area (Å²) in [7, 11) is 6.92. The van der Waals surface area contributed by atoms with Crippen LogP contribution in [0.3, 0.4) is 0 Å². The second kappa shape index (κ2) is 21.6. The van der Waals surface area contributed by atoms with Gasteiger partial charge in [-0.1, -0.05) is 41.6 Å². The SMILES string of the molecule is BNCC[C@H](NB)C(=O)OC[C@H](COc1ccc(-c2c(C#N)c(N)nc(SCc3coc(-c4ccc(C)cc4)n3)c2C#N)cc1)OC(=O)[C@H](CCNB)NB. The third-order valence-corrected chi connectivity index (χ3v) is 9.54. The minimum Gasteiger partial charge on any atom is -0.490 e. The number of pyridine rings is 1. The Bertz CT molecular complexity index is 1980. The number of rotatable bonds is 21. The number of anilines is 1. The Morgan fingerprint density at radius 3 is 2.09 bits per heavy atom. The molecule has 3 atom stereocenters. The lowest BCUT2D eigenvalue weighted by atomic mass is 9.97. The second-order valence-electron chi connectivity index (χ2n) is 12.4. The normalized spacial score (nSPS) is 12.5. The first-order valence-electron chi connectivity index (χ1n) is 17.7. The maximum atomic E-state index is 13.0. The Morgan fingerprint density at radius 1 is 0.873 bits per heavy atom. The van der Waals surface area contributed by atoms with Crippen LogP contribution >= 0.6 is 11.8 Å². The number of thioether (sulfide) groups is 1. The molecule has 15 nitrogen and oxygen atoms in total. The topological polar surface area (TPSA) is 222 Å². The fourth-order valence-corrected chi connectivity index (χ4v) is 6.29. The van der Waals surface area contributed by atoms with Crippen molar-refractivity contribution in [2.24, 2.45) is 0 Å². The van der Waals surface area contributed by atoms with Crippen molar-refractivity contribution < 1.29 is 28.2 Å². The molecule has 2 aromatic heterocycles. The van der Waals surface area contributed by atoms with Crippen LogP contribution in [0.1, 0.15) is 35.2 Å². The van der Waals surface area contributed by atoms with Crippen molar-refractivity contribution in [1.29, 1.82) is 10.5 Å². The summed E-state index contributed by atoms with van der Waals surface area (Å²) in [6.07, 6.45) is 1.63. The molecule has 0 aliphatic carbocycles. The van der Waals surface area contributed by atoms with Crippen LogP contribution < -0.4 is 31.4 Å². The number of aromatic nitrogens is 2. The lowest BCUT2D eigenvalue weighted by Gasteiger charge is -2.23. The van der Waals surface area contributed by atoms with Gasteiger partial charge >= 0.3 is 11.9 Å². The number of esters is 2. The Kier molecular flexibility index (Phi) is 16.7. The van der Waals surface area contributed by atoms with E-state index in [1.165, 1.54) is 11.8 Å². The molecule has 0 fully saturated rings. The smallest absolute Gasteiger partial charge is 0.322 e. The van der Waals surface area contributed by atoms with Crippen LogP contribution in [0.15, 0.2) is 64.2 Å². The summed E-state index contributed by atoms with van der Waals surface area (Å²) in [6.45, 7) is 2.84. The number of nitrogen functional groups attached to an aromatic ring is 1. The van der Waals surface area contributed by atoms with Gasteiger partial charge in [-0.25, -0.2) is 9.97 Å². The number of nitrogens with two attached hydrogens (primary N) is 1. The van der Waals surface area contributed by atoms with E-state index in [1.807, 2.05) is 31.2 Å². The molecule has 0 radical (unpaired) electrons. The predicted octanol–water partition coefficient (Wildman–Crippen LogP) is -0.768. The Morgan fingerprint density at radius 2 is 1.49 bits per heavy atom. The Hall–Kier alpha value is -5.23. The standard InChI is InChI=1S/C35H43B4N9O6S/c1-20-2-4-22(5-3-20)32-45-23(16-52-32)19-55-33-27(15-41)30(26(14-40)31(42)46-33)21-6-8-24(9-7-21)51-17-25(54-35(50)29(48-39)11-13-44-37)18-53-34(49)28(47-38)10-12-43-36/h2-9,16,25,28-29,43-44,47-48H,10-13,17-19,36-39H2,1H3,(H2,42,46)/t25-,28-,29-/m0/s1. The maximum absolute atomic E-state index is 13.0. The molecule has 282 valence electrons. The van der Waals surface area contributed by atoms with E-state index in [0.29, 0.717) is 65.2 Å². The predicted molar refractivity (Wildman–Crippen MR) is 219 cm³/mol. The molecular weight excluding hydrogens is 718 g/mol. The fraction of sp³-hybridized carbons (Fsp3) is 0.314. The molecule has 0 saturated heterocycles. The monoisotopic (exact) mass is 761 g/mol. The summed E-state index contributed by atoms with van der Waals surface area (Å²) in [4.78, 5) is 34.8. The van der Waals surface area contributed by atoms with Gasteiger partial charge in [-0.15, -0.1) is 0 Å². The van der Waals surface area contributed by atoms with Gasteiger partial charge in [0.2, 0.25) is 5.89 Å². The third kappa shape index (κ3) is 11.9. The van der Waals surface area contributed by atoms with E-state index in [4.69, 9.17) is 24.4 Å². The first-order valence-corrected chi connectivity index (χ1v) is 18.7. The van der Waals surface area contributed by atoms with Gasteiger partial charge in [0, 0.05) is 16.9 Å². The van der Waals surface area contributed by atoms with E-state index in [-0.39, 0.29) is 30.2 Å². The molecule has 0 unspecified atom stereocenters. The van der Waals surface area contributed by atoms with E-state index in [2.05, 4.69) is 43.0 Å². The molecule has 0 aliphatic heterocycles. The Labute approximate surface area is 328 Å². The maximum Gasteiger partial charge on any atom is 0.322 e. The highest BCUT2D eigenvalue weighted by molar-refractivity contribution is 7.98. The van der Waals surface area contributed by atoms with Crippen molar-refractivity contribution >= 4 is 61.4 Å². The molecule has 4 rings (SSSR count). The Balaban J connectivity index is 1.51. The number of benzene rings is 2. The van der Waals surface area contributed by atoms with Gasteiger partial charge in [0.15, 0.2) is 38.0 Å². The molecule has 55 heavy (non-hydrogen) atoms. The van der Waals surface area contributed by atoms with Crippen molar-refractivity contribution in [3.63, 3.8) is 0 Å². The van der Waals surface area contributed by atoms with Gasteiger partial charge < -0.3 is 45.3 Å². The fourth-order valence-electron chi connectivity index (χ4n) is 5.42. The summed E-state index contributed by atoms with van der Waals surface area (Å²) in [5, 5.41) is 32.6. The molecule has 4 aromatic rings.